The number of amides is 3. The van der Waals surface area contributed by atoms with Gasteiger partial charge in [-0.2, -0.15) is 0 Å². The van der Waals surface area contributed by atoms with E-state index in [0.717, 1.165) is 0 Å². The molecule has 0 saturated carbocycles. The molecule has 24 heavy (non-hydrogen) atoms. The second kappa shape index (κ2) is 7.49. The van der Waals surface area contributed by atoms with Crippen molar-refractivity contribution in [1.82, 2.24) is 10.9 Å². The highest BCUT2D eigenvalue weighted by Crippen LogP contribution is 2.23. The molecule has 2 aromatic rings. The lowest BCUT2D eigenvalue weighted by atomic mass is 9.87. The quantitative estimate of drug-likeness (QED) is 0.673. The fourth-order valence-electron chi connectivity index (χ4n) is 2.04. The van der Waals surface area contributed by atoms with Gasteiger partial charge in [-0.05, 0) is 51.2 Å². The zero-order chi connectivity index (χ0) is 17.7. The van der Waals surface area contributed by atoms with E-state index in [0.29, 0.717) is 15.7 Å². The maximum absolute atomic E-state index is 12.0. The van der Waals surface area contributed by atoms with Crippen molar-refractivity contribution in [2.75, 3.05) is 5.32 Å². The molecule has 0 radical (unpaired) electrons. The summed E-state index contributed by atoms with van der Waals surface area (Å²) in [5.41, 5.74) is 7.01. The van der Waals surface area contributed by atoms with Crippen molar-refractivity contribution < 1.29 is 9.59 Å². The van der Waals surface area contributed by atoms with Crippen LogP contribution in [0.1, 0.15) is 36.7 Å². The van der Waals surface area contributed by atoms with Crippen LogP contribution in [-0.2, 0) is 5.41 Å². The number of nitrogens with one attached hydrogen (secondary N) is 3. The van der Waals surface area contributed by atoms with Crippen molar-refractivity contribution in [3.05, 3.63) is 64.1 Å². The molecule has 126 valence electrons. The number of urea groups is 1. The minimum atomic E-state index is -0.515. The van der Waals surface area contributed by atoms with Crippen LogP contribution in [0.4, 0.5) is 10.5 Å². The van der Waals surface area contributed by atoms with E-state index in [1.807, 2.05) is 30.3 Å². The summed E-state index contributed by atoms with van der Waals surface area (Å²) >= 11 is 3.29. The minimum absolute atomic E-state index is 0.0534. The number of rotatable bonds is 2. The summed E-state index contributed by atoms with van der Waals surface area (Å²) < 4.78 is 0.655. The Kier molecular flexibility index (Phi) is 5.62. The van der Waals surface area contributed by atoms with E-state index in [1.54, 1.807) is 18.2 Å². The molecule has 2 aromatic carbocycles. The van der Waals surface area contributed by atoms with Gasteiger partial charge in [0.2, 0.25) is 0 Å². The number of hydrazine groups is 1. The summed E-state index contributed by atoms with van der Waals surface area (Å²) in [5.74, 6) is -0.402. The van der Waals surface area contributed by atoms with E-state index in [9.17, 15) is 9.59 Å². The standard InChI is InChI=1S/C18H20BrN3O2/c1-18(2,3)12-8-10-13(11-9-12)20-17(24)22-21-16(23)14-6-4-5-7-15(14)19/h4-11H,1-3H3,(H,21,23)(H2,20,22,24). The molecule has 6 heteroatoms. The third-order valence-electron chi connectivity index (χ3n) is 3.42. The first-order chi connectivity index (χ1) is 11.3. The molecule has 0 fully saturated rings. The molecular weight excluding hydrogens is 370 g/mol. The predicted octanol–water partition coefficient (Wildman–Crippen LogP) is 4.21. The zero-order valence-electron chi connectivity index (χ0n) is 13.8. The van der Waals surface area contributed by atoms with Crippen LogP contribution in [0, 0.1) is 0 Å². The lowest BCUT2D eigenvalue weighted by Gasteiger charge is -2.19. The van der Waals surface area contributed by atoms with Crippen molar-refractivity contribution in [3.8, 4) is 0 Å². The van der Waals surface area contributed by atoms with Gasteiger partial charge in [0.05, 0.1) is 5.56 Å². The molecule has 0 aliphatic heterocycles. The van der Waals surface area contributed by atoms with E-state index < -0.39 is 11.9 Å². The van der Waals surface area contributed by atoms with Crippen LogP contribution in [-0.4, -0.2) is 11.9 Å². The average Bonchev–Trinajstić information content (AvgIpc) is 2.53. The molecule has 0 spiro atoms. The lowest BCUT2D eigenvalue weighted by molar-refractivity contribution is 0.0937. The minimum Gasteiger partial charge on any atom is -0.307 e. The Morgan fingerprint density at radius 3 is 2.12 bits per heavy atom. The Labute approximate surface area is 149 Å². The Bertz CT molecular complexity index is 737. The van der Waals surface area contributed by atoms with Gasteiger partial charge in [-0.1, -0.05) is 45.0 Å². The number of halogens is 1. The zero-order valence-corrected chi connectivity index (χ0v) is 15.4. The summed E-state index contributed by atoms with van der Waals surface area (Å²) in [4.78, 5) is 23.9. The van der Waals surface area contributed by atoms with Gasteiger partial charge in [0.1, 0.15) is 0 Å². The molecule has 2 rings (SSSR count). The van der Waals surface area contributed by atoms with Crippen LogP contribution in [0.2, 0.25) is 0 Å². The van der Waals surface area contributed by atoms with E-state index in [1.165, 1.54) is 5.56 Å². The molecule has 3 N–H and O–H groups in total. The number of carbonyl (C=O) groups excluding carboxylic acids is 2. The van der Waals surface area contributed by atoms with Crippen molar-refractivity contribution >= 4 is 33.6 Å². The number of hydrogen-bond donors (Lipinski definition) is 3. The molecule has 0 aliphatic rings. The topological polar surface area (TPSA) is 70.2 Å². The smallest absolute Gasteiger partial charge is 0.307 e. The largest absolute Gasteiger partial charge is 0.337 e. The van der Waals surface area contributed by atoms with Crippen LogP contribution in [0.15, 0.2) is 53.0 Å². The first-order valence-corrected chi connectivity index (χ1v) is 8.29. The van der Waals surface area contributed by atoms with Gasteiger partial charge in [-0.25, -0.2) is 10.2 Å². The summed E-state index contributed by atoms with van der Waals surface area (Å²) in [5, 5.41) is 2.67. The van der Waals surface area contributed by atoms with Gasteiger partial charge >= 0.3 is 6.03 Å². The SMILES string of the molecule is CC(C)(C)c1ccc(NC(=O)NNC(=O)c2ccccc2Br)cc1. The first kappa shape index (κ1) is 18.0. The van der Waals surface area contributed by atoms with Crippen molar-refractivity contribution in [3.63, 3.8) is 0 Å². The average molecular weight is 390 g/mol. The molecule has 0 unspecified atom stereocenters. The summed E-state index contributed by atoms with van der Waals surface area (Å²) in [7, 11) is 0. The van der Waals surface area contributed by atoms with Crippen LogP contribution in [0.25, 0.3) is 0 Å². The van der Waals surface area contributed by atoms with E-state index in [-0.39, 0.29) is 5.41 Å². The van der Waals surface area contributed by atoms with Gasteiger partial charge < -0.3 is 5.32 Å². The Hall–Kier alpha value is -2.34. The summed E-state index contributed by atoms with van der Waals surface area (Å²) in [6.45, 7) is 6.37. The second-order valence-corrected chi connectivity index (χ2v) is 7.19. The Balaban J connectivity index is 1.90. The van der Waals surface area contributed by atoms with Gasteiger partial charge in [-0.3, -0.25) is 10.2 Å². The highest BCUT2D eigenvalue weighted by molar-refractivity contribution is 9.10. The predicted molar refractivity (Wildman–Crippen MR) is 98.9 cm³/mol. The molecule has 3 amide bonds. The Morgan fingerprint density at radius 2 is 1.54 bits per heavy atom. The van der Waals surface area contributed by atoms with Crippen molar-refractivity contribution in [2.24, 2.45) is 0 Å². The molecule has 0 aliphatic carbocycles. The third kappa shape index (κ3) is 4.83. The molecule has 0 atom stereocenters. The van der Waals surface area contributed by atoms with Gasteiger partial charge in [-0.15, -0.1) is 0 Å². The van der Waals surface area contributed by atoms with Gasteiger partial charge in [0.15, 0.2) is 0 Å². The van der Waals surface area contributed by atoms with Gasteiger partial charge in [0.25, 0.3) is 5.91 Å². The fourth-order valence-corrected chi connectivity index (χ4v) is 2.51. The van der Waals surface area contributed by atoms with Crippen LogP contribution in [0.3, 0.4) is 0 Å². The molecule has 0 bridgehead atoms. The molecule has 0 aromatic heterocycles. The summed E-state index contributed by atoms with van der Waals surface area (Å²) in [6.07, 6.45) is 0. The van der Waals surface area contributed by atoms with Gasteiger partial charge in [0, 0.05) is 10.2 Å². The number of hydrogen-bond acceptors (Lipinski definition) is 2. The second-order valence-electron chi connectivity index (χ2n) is 6.34. The van der Waals surface area contributed by atoms with E-state index >= 15 is 0 Å². The maximum Gasteiger partial charge on any atom is 0.337 e. The highest BCUT2D eigenvalue weighted by atomic mass is 79.9. The fraction of sp³-hybridized carbons (Fsp3) is 0.222. The molecule has 0 saturated heterocycles. The monoisotopic (exact) mass is 389 g/mol. The number of anilines is 1. The molecule has 0 heterocycles. The van der Waals surface area contributed by atoms with Crippen LogP contribution in [0.5, 0.6) is 0 Å². The first-order valence-electron chi connectivity index (χ1n) is 7.50. The van der Waals surface area contributed by atoms with Crippen LogP contribution < -0.4 is 16.2 Å². The molecule has 5 nitrogen and oxygen atoms in total. The third-order valence-corrected chi connectivity index (χ3v) is 4.11. The summed E-state index contributed by atoms with van der Waals surface area (Å²) in [6, 6.07) is 14.0. The van der Waals surface area contributed by atoms with Crippen LogP contribution >= 0.6 is 15.9 Å². The molecular formula is C18H20BrN3O2. The van der Waals surface area contributed by atoms with Crippen molar-refractivity contribution in [2.45, 2.75) is 26.2 Å². The lowest BCUT2D eigenvalue weighted by Crippen LogP contribution is -2.44. The highest BCUT2D eigenvalue weighted by Gasteiger charge is 2.13. The maximum atomic E-state index is 12.0. The van der Waals surface area contributed by atoms with Crippen molar-refractivity contribution in [1.29, 1.82) is 0 Å². The van der Waals surface area contributed by atoms with E-state index in [2.05, 4.69) is 52.9 Å². The number of benzene rings is 2. The number of carbonyl (C=O) groups is 2. The Morgan fingerprint density at radius 1 is 0.917 bits per heavy atom. The normalized spacial score (nSPS) is 10.8. The van der Waals surface area contributed by atoms with E-state index in [4.69, 9.17) is 0 Å².